The topological polar surface area (TPSA) is 69.7 Å². The van der Waals surface area contributed by atoms with Gasteiger partial charge < -0.3 is 10.2 Å². The van der Waals surface area contributed by atoms with E-state index in [0.717, 1.165) is 35.8 Å². The molecule has 1 N–H and O–H groups in total. The molecule has 156 valence electrons. The third-order valence-electron chi connectivity index (χ3n) is 5.08. The summed E-state index contributed by atoms with van der Waals surface area (Å²) in [5.41, 5.74) is 1.31. The fourth-order valence-corrected chi connectivity index (χ4v) is 4.94. The van der Waals surface area contributed by atoms with Gasteiger partial charge in [0.15, 0.2) is 0 Å². The number of rotatable bonds is 6. The van der Waals surface area contributed by atoms with Crippen LogP contribution in [-0.4, -0.2) is 51.9 Å². The normalized spacial score (nSPS) is 15.8. The number of sulfonamides is 1. The molecular formula is C21H26ClN3O3S. The molecule has 0 spiro atoms. The number of carbonyl (C=O) groups is 1. The van der Waals surface area contributed by atoms with Crippen molar-refractivity contribution in [3.63, 3.8) is 0 Å². The first kappa shape index (κ1) is 21.6. The Hall–Kier alpha value is -2.09. The van der Waals surface area contributed by atoms with E-state index in [4.69, 9.17) is 11.6 Å². The second-order valence-electron chi connectivity index (χ2n) is 7.45. The maximum atomic E-state index is 13.3. The quantitative estimate of drug-likeness (QED) is 0.757. The molecule has 1 aliphatic heterocycles. The molecule has 0 bridgehead atoms. The van der Waals surface area contributed by atoms with Gasteiger partial charge in [0.25, 0.3) is 10.0 Å². The predicted octanol–water partition coefficient (Wildman–Crippen LogP) is 3.05. The molecule has 0 saturated carbocycles. The lowest BCUT2D eigenvalue weighted by Gasteiger charge is -2.30. The number of aryl methyl sites for hydroxylation is 1. The first-order valence-electron chi connectivity index (χ1n) is 9.58. The van der Waals surface area contributed by atoms with Crippen LogP contribution < -0.4 is 9.62 Å². The van der Waals surface area contributed by atoms with Crippen LogP contribution in [0.5, 0.6) is 0 Å². The fourth-order valence-electron chi connectivity index (χ4n) is 3.34. The molecule has 0 radical (unpaired) electrons. The van der Waals surface area contributed by atoms with E-state index in [9.17, 15) is 13.2 Å². The molecule has 2 aromatic carbocycles. The summed E-state index contributed by atoms with van der Waals surface area (Å²) in [5, 5.41) is 3.39. The number of nitrogens with zero attached hydrogens (tertiary/aromatic N) is 2. The Morgan fingerprint density at radius 3 is 2.45 bits per heavy atom. The van der Waals surface area contributed by atoms with Gasteiger partial charge in [-0.2, -0.15) is 0 Å². The Balaban J connectivity index is 1.85. The predicted molar refractivity (Wildman–Crippen MR) is 116 cm³/mol. The first-order chi connectivity index (χ1) is 13.8. The van der Waals surface area contributed by atoms with Crippen LogP contribution in [0.2, 0.25) is 5.02 Å². The highest BCUT2D eigenvalue weighted by atomic mass is 35.5. The Kier molecular flexibility index (Phi) is 6.82. The second-order valence-corrected chi connectivity index (χ2v) is 9.75. The largest absolute Gasteiger partial charge is 0.352 e. The average molecular weight is 436 g/mol. The molecular weight excluding hydrogens is 410 g/mol. The summed E-state index contributed by atoms with van der Waals surface area (Å²) < 4.78 is 27.8. The van der Waals surface area contributed by atoms with Crippen LogP contribution in [0.3, 0.4) is 0 Å². The lowest BCUT2D eigenvalue weighted by Crippen LogP contribution is -2.47. The van der Waals surface area contributed by atoms with Crippen molar-refractivity contribution in [2.45, 2.75) is 30.7 Å². The summed E-state index contributed by atoms with van der Waals surface area (Å²) in [6.45, 7) is 3.40. The van der Waals surface area contributed by atoms with Gasteiger partial charge in [-0.15, -0.1) is 0 Å². The highest BCUT2D eigenvalue weighted by Crippen LogP contribution is 2.26. The first-order valence-corrected chi connectivity index (χ1v) is 11.4. The molecule has 2 aromatic rings. The van der Waals surface area contributed by atoms with Crippen LogP contribution in [0.1, 0.15) is 18.4 Å². The van der Waals surface area contributed by atoms with Crippen LogP contribution in [0.15, 0.2) is 53.4 Å². The minimum absolute atomic E-state index is 0.0574. The molecule has 0 aliphatic carbocycles. The number of likely N-dealkylation sites (tertiary alicyclic amines) is 1. The lowest BCUT2D eigenvalue weighted by atomic mass is 10.1. The van der Waals surface area contributed by atoms with Gasteiger partial charge in [0.05, 0.1) is 10.6 Å². The van der Waals surface area contributed by atoms with Gasteiger partial charge in [0.2, 0.25) is 5.91 Å². The smallest absolute Gasteiger partial charge is 0.264 e. The molecule has 8 heteroatoms. The highest BCUT2D eigenvalue weighted by Gasteiger charge is 2.28. The molecule has 1 amide bonds. The number of benzene rings is 2. The van der Waals surface area contributed by atoms with Gasteiger partial charge in [-0.3, -0.25) is 9.10 Å². The maximum absolute atomic E-state index is 13.3. The summed E-state index contributed by atoms with van der Waals surface area (Å²) in [4.78, 5) is 15.1. The number of hydrogen-bond donors (Lipinski definition) is 1. The molecule has 0 atom stereocenters. The lowest BCUT2D eigenvalue weighted by molar-refractivity contribution is -0.120. The van der Waals surface area contributed by atoms with Crippen LogP contribution >= 0.6 is 11.6 Å². The van der Waals surface area contributed by atoms with Crippen molar-refractivity contribution in [2.24, 2.45) is 0 Å². The molecule has 29 heavy (non-hydrogen) atoms. The monoisotopic (exact) mass is 435 g/mol. The van der Waals surface area contributed by atoms with E-state index in [1.807, 2.05) is 14.0 Å². The molecule has 1 saturated heterocycles. The Morgan fingerprint density at radius 1 is 1.17 bits per heavy atom. The molecule has 6 nitrogen and oxygen atoms in total. The van der Waals surface area contributed by atoms with Crippen molar-refractivity contribution in [1.82, 2.24) is 10.2 Å². The van der Waals surface area contributed by atoms with Crippen LogP contribution in [-0.2, 0) is 14.8 Å². The van der Waals surface area contributed by atoms with E-state index >= 15 is 0 Å². The van der Waals surface area contributed by atoms with Crippen molar-refractivity contribution in [3.05, 3.63) is 59.1 Å². The van der Waals surface area contributed by atoms with Gasteiger partial charge in [-0.05, 0) is 70.2 Å². The molecule has 1 fully saturated rings. The third kappa shape index (κ3) is 5.50. The summed E-state index contributed by atoms with van der Waals surface area (Å²) in [5.74, 6) is -0.324. The van der Waals surface area contributed by atoms with Crippen molar-refractivity contribution >= 4 is 33.2 Å². The number of hydrogen-bond acceptors (Lipinski definition) is 4. The van der Waals surface area contributed by atoms with Gasteiger partial charge in [-0.25, -0.2) is 8.42 Å². The summed E-state index contributed by atoms with van der Waals surface area (Å²) in [7, 11) is -1.88. The minimum atomic E-state index is -3.93. The van der Waals surface area contributed by atoms with E-state index in [1.165, 1.54) is 0 Å². The number of piperidine rings is 1. The van der Waals surface area contributed by atoms with E-state index < -0.39 is 10.0 Å². The standard InChI is InChI=1S/C21H26ClN3O3S/c1-16-6-8-20(9-7-16)29(27,28)25(19-5-3-4-17(22)14-19)15-21(26)23-18-10-12-24(2)13-11-18/h3-9,14,18H,10-13,15H2,1-2H3,(H,23,26). The number of halogens is 1. The van der Waals surface area contributed by atoms with E-state index in [0.29, 0.717) is 10.7 Å². The summed E-state index contributed by atoms with van der Waals surface area (Å²) in [6.07, 6.45) is 1.70. The second kappa shape index (κ2) is 9.15. The summed E-state index contributed by atoms with van der Waals surface area (Å²) >= 11 is 6.08. The zero-order chi connectivity index (χ0) is 21.0. The Morgan fingerprint density at radius 2 is 1.83 bits per heavy atom. The SMILES string of the molecule is Cc1ccc(S(=O)(=O)N(CC(=O)NC2CCN(C)CC2)c2cccc(Cl)c2)cc1. The van der Waals surface area contributed by atoms with Crippen LogP contribution in [0.4, 0.5) is 5.69 Å². The van der Waals surface area contributed by atoms with Crippen molar-refractivity contribution < 1.29 is 13.2 Å². The van der Waals surface area contributed by atoms with E-state index in [1.54, 1.807) is 48.5 Å². The average Bonchev–Trinajstić information content (AvgIpc) is 2.68. The van der Waals surface area contributed by atoms with Crippen LogP contribution in [0, 0.1) is 6.92 Å². The van der Waals surface area contributed by atoms with Crippen molar-refractivity contribution in [1.29, 1.82) is 0 Å². The molecule has 0 aromatic heterocycles. The Labute approximate surface area is 177 Å². The summed E-state index contributed by atoms with van der Waals surface area (Å²) in [6, 6.07) is 13.2. The minimum Gasteiger partial charge on any atom is -0.352 e. The van der Waals surface area contributed by atoms with E-state index in [2.05, 4.69) is 10.2 Å². The zero-order valence-electron chi connectivity index (χ0n) is 16.6. The fraction of sp³-hybridized carbons (Fsp3) is 0.381. The number of amides is 1. The number of anilines is 1. The Bertz CT molecular complexity index is 955. The van der Waals surface area contributed by atoms with Gasteiger partial charge in [-0.1, -0.05) is 35.4 Å². The molecule has 1 aliphatic rings. The maximum Gasteiger partial charge on any atom is 0.264 e. The molecule has 1 heterocycles. The molecule has 0 unspecified atom stereocenters. The third-order valence-corrected chi connectivity index (χ3v) is 7.10. The van der Waals surface area contributed by atoms with Gasteiger partial charge in [0, 0.05) is 11.1 Å². The zero-order valence-corrected chi connectivity index (χ0v) is 18.2. The van der Waals surface area contributed by atoms with Gasteiger partial charge >= 0.3 is 0 Å². The highest BCUT2D eigenvalue weighted by molar-refractivity contribution is 7.92. The number of carbonyl (C=O) groups excluding carboxylic acids is 1. The van der Waals surface area contributed by atoms with Crippen molar-refractivity contribution in [2.75, 3.05) is 31.0 Å². The van der Waals surface area contributed by atoms with Gasteiger partial charge in [0.1, 0.15) is 6.54 Å². The van der Waals surface area contributed by atoms with Crippen LogP contribution in [0.25, 0.3) is 0 Å². The van der Waals surface area contributed by atoms with Crippen molar-refractivity contribution in [3.8, 4) is 0 Å². The molecule has 3 rings (SSSR count). The van der Waals surface area contributed by atoms with E-state index in [-0.39, 0.29) is 23.4 Å². The number of nitrogens with one attached hydrogen (secondary N) is 1.